The lowest BCUT2D eigenvalue weighted by Gasteiger charge is -2.33. The highest BCUT2D eigenvalue weighted by Gasteiger charge is 2.20. The Labute approximate surface area is 187 Å². The molecule has 30 heavy (non-hydrogen) atoms. The van der Waals surface area contributed by atoms with Gasteiger partial charge in [0.1, 0.15) is 11.6 Å². The molecule has 1 atom stereocenters. The number of hydrogen-bond acceptors (Lipinski definition) is 6. The predicted molar refractivity (Wildman–Crippen MR) is 119 cm³/mol. The Kier molecular flexibility index (Phi) is 11.3. The first-order valence-electron chi connectivity index (χ1n) is 9.30. The van der Waals surface area contributed by atoms with E-state index >= 15 is 0 Å². The summed E-state index contributed by atoms with van der Waals surface area (Å²) in [6.45, 7) is 2.83. The number of carbonyl (C=O) groups is 1. The van der Waals surface area contributed by atoms with E-state index in [9.17, 15) is 9.18 Å². The largest absolute Gasteiger partial charge is 0.365 e. The molecular weight excluding hydrogens is 432 g/mol. The summed E-state index contributed by atoms with van der Waals surface area (Å²) >= 11 is 0. The van der Waals surface area contributed by atoms with Gasteiger partial charge in [0.2, 0.25) is 0 Å². The third kappa shape index (κ3) is 8.23. The summed E-state index contributed by atoms with van der Waals surface area (Å²) in [5, 5.41) is 11.9. The van der Waals surface area contributed by atoms with E-state index in [-0.39, 0.29) is 36.7 Å². The van der Waals surface area contributed by atoms with Crippen molar-refractivity contribution in [3.05, 3.63) is 59.8 Å². The molecule has 1 amide bonds. The maximum absolute atomic E-state index is 13.3. The van der Waals surface area contributed by atoms with Crippen LogP contribution < -0.4 is 10.8 Å². The molecule has 3 rings (SSSR count). The van der Waals surface area contributed by atoms with Gasteiger partial charge in [-0.25, -0.2) is 14.9 Å². The Balaban J connectivity index is 0.00000225. The maximum atomic E-state index is 13.3. The van der Waals surface area contributed by atoms with E-state index in [1.54, 1.807) is 24.5 Å². The first-order chi connectivity index (χ1) is 13.6. The van der Waals surface area contributed by atoms with Crippen LogP contribution in [0.25, 0.3) is 6.08 Å². The molecule has 1 fully saturated rings. The topological polar surface area (TPSA) is 90.4 Å². The predicted octanol–water partition coefficient (Wildman–Crippen LogP) is 3.10. The minimum atomic E-state index is -0.621. The fourth-order valence-corrected chi connectivity index (χ4v) is 3.26. The standard InChI is InChI=1S/C20H24FN5O2.2ClH/c21-16-4-1-3-15(11-16)8-10-26-9-2-5-18(14-26)24-19-13-22-17(12-23-19)6-7-20(27)25-28;;/h1,3-4,6-7,11-13,18,28H,2,5,8-10,14H2,(H,23,24)(H,25,27);2*1H/t18-;;/m1../s1. The number of anilines is 1. The van der Waals surface area contributed by atoms with Crippen molar-refractivity contribution in [3.63, 3.8) is 0 Å². The molecule has 10 heteroatoms. The van der Waals surface area contributed by atoms with Crippen molar-refractivity contribution in [1.82, 2.24) is 20.3 Å². The van der Waals surface area contributed by atoms with Crippen molar-refractivity contribution in [2.75, 3.05) is 25.0 Å². The summed E-state index contributed by atoms with van der Waals surface area (Å²) in [5.74, 6) is -0.130. The van der Waals surface area contributed by atoms with Crippen LogP contribution >= 0.6 is 24.8 Å². The van der Waals surface area contributed by atoms with Crippen molar-refractivity contribution in [2.24, 2.45) is 0 Å². The van der Waals surface area contributed by atoms with Gasteiger partial charge in [0.15, 0.2) is 0 Å². The first kappa shape index (κ1) is 25.8. The quantitative estimate of drug-likeness (QED) is 0.336. The van der Waals surface area contributed by atoms with Gasteiger partial charge in [-0.2, -0.15) is 0 Å². The van der Waals surface area contributed by atoms with Gasteiger partial charge in [0.05, 0.1) is 18.1 Å². The van der Waals surface area contributed by atoms with E-state index in [4.69, 9.17) is 5.21 Å². The summed E-state index contributed by atoms with van der Waals surface area (Å²) in [6, 6.07) is 7.04. The Bertz CT molecular complexity index is 823. The van der Waals surface area contributed by atoms with Gasteiger partial charge in [-0.1, -0.05) is 12.1 Å². The van der Waals surface area contributed by atoms with Gasteiger partial charge in [-0.15, -0.1) is 24.8 Å². The summed E-state index contributed by atoms with van der Waals surface area (Å²) in [6.07, 6.45) is 8.80. The molecule has 1 saturated heterocycles. The number of halogens is 3. The zero-order valence-electron chi connectivity index (χ0n) is 16.3. The summed E-state index contributed by atoms with van der Waals surface area (Å²) < 4.78 is 13.3. The van der Waals surface area contributed by atoms with Crippen molar-refractivity contribution < 1.29 is 14.4 Å². The molecule has 1 aromatic carbocycles. The van der Waals surface area contributed by atoms with Gasteiger partial charge in [-0.05, 0) is 49.6 Å². The van der Waals surface area contributed by atoms with Crippen LogP contribution in [0.4, 0.5) is 10.2 Å². The van der Waals surface area contributed by atoms with Crippen LogP contribution in [0.5, 0.6) is 0 Å². The number of carbonyl (C=O) groups excluding carboxylic acids is 1. The molecule has 0 aliphatic carbocycles. The Morgan fingerprint density at radius 2 is 2.13 bits per heavy atom. The van der Waals surface area contributed by atoms with Gasteiger partial charge >= 0.3 is 0 Å². The van der Waals surface area contributed by atoms with Crippen LogP contribution in [-0.2, 0) is 11.2 Å². The second kappa shape index (κ2) is 13.1. The lowest BCUT2D eigenvalue weighted by atomic mass is 10.0. The van der Waals surface area contributed by atoms with E-state index in [0.29, 0.717) is 11.5 Å². The smallest absolute Gasteiger partial charge is 0.267 e. The molecule has 0 saturated carbocycles. The number of benzene rings is 1. The van der Waals surface area contributed by atoms with Crippen LogP contribution in [0.2, 0.25) is 0 Å². The second-order valence-corrected chi connectivity index (χ2v) is 6.80. The monoisotopic (exact) mass is 457 g/mol. The Morgan fingerprint density at radius 1 is 1.30 bits per heavy atom. The minimum absolute atomic E-state index is 0. The number of hydrogen-bond donors (Lipinski definition) is 3. The maximum Gasteiger partial charge on any atom is 0.267 e. The van der Waals surface area contributed by atoms with Crippen LogP contribution in [0.3, 0.4) is 0 Å². The van der Waals surface area contributed by atoms with Gasteiger partial charge < -0.3 is 10.2 Å². The third-order valence-electron chi connectivity index (χ3n) is 4.65. The Morgan fingerprint density at radius 3 is 2.83 bits per heavy atom. The first-order valence-corrected chi connectivity index (χ1v) is 9.30. The fourth-order valence-electron chi connectivity index (χ4n) is 3.26. The number of likely N-dealkylation sites (tertiary alicyclic amines) is 1. The number of piperidine rings is 1. The molecule has 164 valence electrons. The third-order valence-corrected chi connectivity index (χ3v) is 4.65. The van der Waals surface area contributed by atoms with Crippen molar-refractivity contribution in [1.29, 1.82) is 0 Å². The number of nitrogens with zero attached hydrogens (tertiary/aromatic N) is 3. The highest BCUT2D eigenvalue weighted by atomic mass is 35.5. The number of aromatic nitrogens is 2. The second-order valence-electron chi connectivity index (χ2n) is 6.80. The molecule has 0 radical (unpaired) electrons. The van der Waals surface area contributed by atoms with E-state index < -0.39 is 5.91 Å². The molecule has 1 aromatic heterocycles. The van der Waals surface area contributed by atoms with Crippen molar-refractivity contribution >= 4 is 42.6 Å². The summed E-state index contributed by atoms with van der Waals surface area (Å²) in [5.41, 5.74) is 3.05. The van der Waals surface area contributed by atoms with Gasteiger partial charge in [0.25, 0.3) is 5.91 Å². The molecule has 2 heterocycles. The average Bonchev–Trinajstić information content (AvgIpc) is 2.72. The number of hydroxylamine groups is 1. The van der Waals surface area contributed by atoms with Gasteiger partial charge in [-0.3, -0.25) is 15.0 Å². The van der Waals surface area contributed by atoms with Crippen LogP contribution in [-0.4, -0.2) is 51.7 Å². The molecule has 1 aliphatic heterocycles. The number of amides is 1. The molecule has 2 aromatic rings. The van der Waals surface area contributed by atoms with E-state index in [0.717, 1.165) is 44.5 Å². The zero-order chi connectivity index (χ0) is 19.8. The lowest BCUT2D eigenvalue weighted by Crippen LogP contribution is -2.43. The molecule has 0 spiro atoms. The molecule has 7 nitrogen and oxygen atoms in total. The van der Waals surface area contributed by atoms with E-state index in [1.807, 2.05) is 6.07 Å². The Hall–Kier alpha value is -2.26. The molecule has 3 N–H and O–H groups in total. The SMILES string of the molecule is Cl.Cl.O=C(C=Cc1cnc(N[C@@H]2CCCN(CCc3cccc(F)c3)C2)cn1)NO. The molecule has 1 aliphatic rings. The molecule has 0 bridgehead atoms. The minimum Gasteiger partial charge on any atom is -0.365 e. The average molecular weight is 458 g/mol. The fraction of sp³-hybridized carbons (Fsp3) is 0.350. The molecule has 0 unspecified atom stereocenters. The zero-order valence-corrected chi connectivity index (χ0v) is 18.0. The number of rotatable bonds is 7. The number of nitrogens with one attached hydrogen (secondary N) is 2. The molecular formula is C20H26Cl2FN5O2. The van der Waals surface area contributed by atoms with Crippen LogP contribution in [0.15, 0.2) is 42.7 Å². The highest BCUT2D eigenvalue weighted by Crippen LogP contribution is 2.15. The van der Waals surface area contributed by atoms with Crippen LogP contribution in [0.1, 0.15) is 24.1 Å². The van der Waals surface area contributed by atoms with E-state index in [1.165, 1.54) is 23.7 Å². The van der Waals surface area contributed by atoms with Gasteiger partial charge in [0, 0.05) is 25.2 Å². The van der Waals surface area contributed by atoms with Crippen molar-refractivity contribution in [3.8, 4) is 0 Å². The van der Waals surface area contributed by atoms with E-state index in [2.05, 4.69) is 20.2 Å². The summed E-state index contributed by atoms with van der Waals surface area (Å²) in [7, 11) is 0. The van der Waals surface area contributed by atoms with Crippen molar-refractivity contribution in [2.45, 2.75) is 25.3 Å². The summed E-state index contributed by atoms with van der Waals surface area (Å²) in [4.78, 5) is 21.9. The highest BCUT2D eigenvalue weighted by molar-refractivity contribution is 5.90. The normalized spacial score (nSPS) is 16.4. The van der Waals surface area contributed by atoms with Crippen LogP contribution in [0, 0.1) is 5.82 Å². The lowest BCUT2D eigenvalue weighted by molar-refractivity contribution is -0.124.